The van der Waals surface area contributed by atoms with E-state index in [1.54, 1.807) is 55.3 Å². The molecule has 2 aliphatic heterocycles. The molecular formula is C68H58Cl2F4N8O12. The fraction of sp³-hybridized carbons (Fsp3) is 0.235. The molecule has 0 atom stereocenters. The lowest BCUT2D eigenvalue weighted by molar-refractivity contribution is 0.0686. The average molecular weight is 1330 g/mol. The Kier molecular flexibility index (Phi) is 19.7. The summed E-state index contributed by atoms with van der Waals surface area (Å²) in [4.78, 5) is 67.9. The highest BCUT2D eigenvalue weighted by molar-refractivity contribution is 6.32. The molecule has 12 rings (SSSR count). The number of halogens is 6. The van der Waals surface area contributed by atoms with Crippen LogP contribution >= 0.6 is 23.2 Å². The highest BCUT2D eigenvalue weighted by atomic mass is 35.5. The van der Waals surface area contributed by atoms with E-state index < -0.39 is 35.2 Å². The molecule has 0 fully saturated rings. The van der Waals surface area contributed by atoms with Crippen molar-refractivity contribution >= 4 is 69.4 Å². The molecule has 10 aromatic rings. The number of ether oxygens (including phenoxy) is 6. The number of rotatable bonds is 20. The fourth-order valence-electron chi connectivity index (χ4n) is 11.2. The highest BCUT2D eigenvalue weighted by Crippen LogP contribution is 2.35. The quantitative estimate of drug-likeness (QED) is 0.0675. The number of methoxy groups -OCH3 is 4. The van der Waals surface area contributed by atoms with Gasteiger partial charge >= 0.3 is 24.1 Å². The monoisotopic (exact) mass is 1320 g/mol. The van der Waals surface area contributed by atoms with Crippen molar-refractivity contribution < 1.29 is 75.4 Å². The first-order valence-electron chi connectivity index (χ1n) is 29.1. The molecule has 6 aromatic carbocycles. The Morgan fingerprint density at radius 1 is 0.489 bits per heavy atom. The maximum absolute atomic E-state index is 15.6. The third-order valence-electron chi connectivity index (χ3n) is 15.9. The SMILES string of the molecule is COCCn1c(Cc2cc(F)c(-c3cccc(OCc4ccc5c(c4)CN(C(=O)OC)C5)n3)cc2Cl)nc2c(F)cc(C(=O)O)cc21.COCCn1c(Cc2cc(F)c(-c3cccc(OCc4ccc5c(c4)CN(C(=O)OC)C5)n3)cc2Cl)nc2c(F)cc(C(=O)O)cc21. The summed E-state index contributed by atoms with van der Waals surface area (Å²) in [6, 6.07) is 31.8. The second-order valence-corrected chi connectivity index (χ2v) is 22.8. The normalized spacial score (nSPS) is 12.4. The Morgan fingerprint density at radius 3 is 1.28 bits per heavy atom. The van der Waals surface area contributed by atoms with Gasteiger partial charge in [0.1, 0.15) is 47.5 Å². The largest absolute Gasteiger partial charge is 0.478 e. The number of nitrogens with zero attached hydrogens (tertiary/aromatic N) is 8. The Hall–Kier alpha value is -10.1. The molecule has 2 amide bonds. The summed E-state index contributed by atoms with van der Waals surface area (Å²) in [6.45, 7) is 3.33. The zero-order valence-electron chi connectivity index (χ0n) is 50.9. The number of hydrogen-bond acceptors (Lipinski definition) is 14. The second kappa shape index (κ2) is 28.4. The first kappa shape index (κ1) is 65.4. The third-order valence-corrected chi connectivity index (χ3v) is 16.6. The number of imidazole rings is 2. The Bertz CT molecular complexity index is 4320. The van der Waals surface area contributed by atoms with E-state index in [2.05, 4.69) is 19.9 Å². The Morgan fingerprint density at radius 2 is 0.894 bits per heavy atom. The summed E-state index contributed by atoms with van der Waals surface area (Å²) < 4.78 is 96.1. The number of carbonyl (C=O) groups excluding carboxylic acids is 2. The van der Waals surface area contributed by atoms with Crippen molar-refractivity contribution in [2.45, 2.75) is 65.3 Å². The van der Waals surface area contributed by atoms with Gasteiger partial charge in [0.05, 0.1) is 61.0 Å². The van der Waals surface area contributed by atoms with E-state index in [1.165, 1.54) is 64.8 Å². The van der Waals surface area contributed by atoms with Crippen LogP contribution in [0.2, 0.25) is 10.0 Å². The van der Waals surface area contributed by atoms with Gasteiger partial charge in [-0.3, -0.25) is 9.80 Å². The number of amides is 2. The summed E-state index contributed by atoms with van der Waals surface area (Å²) in [5.41, 5.74) is 7.76. The molecule has 6 heterocycles. The summed E-state index contributed by atoms with van der Waals surface area (Å²) in [7, 11) is 5.73. The van der Waals surface area contributed by atoms with Crippen molar-refractivity contribution in [3.05, 3.63) is 222 Å². The van der Waals surface area contributed by atoms with Gasteiger partial charge in [0.15, 0.2) is 11.6 Å². The van der Waals surface area contributed by atoms with Gasteiger partial charge in [0.2, 0.25) is 11.8 Å². The molecule has 0 radical (unpaired) electrons. The van der Waals surface area contributed by atoms with Gasteiger partial charge < -0.3 is 47.8 Å². The zero-order chi connectivity index (χ0) is 66.5. The van der Waals surface area contributed by atoms with Crippen LogP contribution in [0.4, 0.5) is 27.2 Å². The number of aromatic nitrogens is 6. The molecule has 2 N–H and O–H groups in total. The van der Waals surface area contributed by atoms with E-state index in [0.29, 0.717) is 60.3 Å². The van der Waals surface area contributed by atoms with E-state index in [9.17, 15) is 38.2 Å². The van der Waals surface area contributed by atoms with Gasteiger partial charge in [-0.1, -0.05) is 71.7 Å². The van der Waals surface area contributed by atoms with E-state index in [-0.39, 0.29) is 131 Å². The molecule has 2 aliphatic rings. The maximum Gasteiger partial charge on any atom is 0.410 e. The Labute approximate surface area is 544 Å². The number of benzene rings is 6. The van der Waals surface area contributed by atoms with Crippen molar-refractivity contribution in [1.29, 1.82) is 0 Å². The van der Waals surface area contributed by atoms with Gasteiger partial charge in [0, 0.05) is 99.6 Å². The molecule has 0 unspecified atom stereocenters. The molecule has 26 heteroatoms. The van der Waals surface area contributed by atoms with Crippen molar-refractivity contribution in [3.8, 4) is 34.3 Å². The summed E-state index contributed by atoms with van der Waals surface area (Å²) >= 11 is 13.3. The average Bonchev–Trinajstić information content (AvgIpc) is 1.61. The number of pyridine rings is 2. The van der Waals surface area contributed by atoms with Crippen LogP contribution in [-0.2, 0) is 84.3 Å². The molecular weight excluding hydrogens is 1270 g/mol. The number of aromatic carboxylic acids is 2. The van der Waals surface area contributed by atoms with Crippen molar-refractivity contribution in [3.63, 3.8) is 0 Å². The van der Waals surface area contributed by atoms with E-state index in [1.807, 2.05) is 36.4 Å². The molecule has 0 saturated carbocycles. The van der Waals surface area contributed by atoms with E-state index in [4.69, 9.17) is 51.6 Å². The zero-order valence-corrected chi connectivity index (χ0v) is 52.4. The molecule has 0 aliphatic carbocycles. The van der Waals surface area contributed by atoms with E-state index >= 15 is 8.78 Å². The lowest BCUT2D eigenvalue weighted by atomic mass is 10.0. The lowest BCUT2D eigenvalue weighted by Crippen LogP contribution is -2.24. The number of fused-ring (bicyclic) bond motifs is 4. The minimum Gasteiger partial charge on any atom is -0.478 e. The van der Waals surface area contributed by atoms with Crippen LogP contribution in [0.15, 0.2) is 121 Å². The topological polar surface area (TPSA) is 232 Å². The van der Waals surface area contributed by atoms with Crippen molar-refractivity contribution in [2.24, 2.45) is 0 Å². The summed E-state index contributed by atoms with van der Waals surface area (Å²) in [5.74, 6) is -3.96. The van der Waals surface area contributed by atoms with Gasteiger partial charge in [-0.25, -0.2) is 56.7 Å². The summed E-state index contributed by atoms with van der Waals surface area (Å²) in [5, 5.41) is 19.3. The van der Waals surface area contributed by atoms with Crippen molar-refractivity contribution in [2.75, 3.05) is 41.7 Å². The fourth-order valence-corrected chi connectivity index (χ4v) is 11.7. The predicted octanol–water partition coefficient (Wildman–Crippen LogP) is 13.3. The van der Waals surface area contributed by atoms with Crippen LogP contribution < -0.4 is 9.47 Å². The molecule has 4 aromatic heterocycles. The second-order valence-electron chi connectivity index (χ2n) is 22.0. The minimum atomic E-state index is -1.27. The molecule has 0 saturated heterocycles. The molecule has 0 spiro atoms. The smallest absolute Gasteiger partial charge is 0.410 e. The van der Waals surface area contributed by atoms with Gasteiger partial charge in [-0.2, -0.15) is 0 Å². The van der Waals surface area contributed by atoms with Gasteiger partial charge in [-0.15, -0.1) is 0 Å². The van der Waals surface area contributed by atoms with Gasteiger partial charge in [0.25, 0.3) is 0 Å². The predicted molar refractivity (Wildman–Crippen MR) is 337 cm³/mol. The first-order valence-corrected chi connectivity index (χ1v) is 29.9. The highest BCUT2D eigenvalue weighted by Gasteiger charge is 2.27. The van der Waals surface area contributed by atoms with Crippen LogP contribution in [0.1, 0.15) is 76.9 Å². The van der Waals surface area contributed by atoms with Crippen molar-refractivity contribution in [1.82, 2.24) is 38.9 Å². The standard InChI is InChI=1S/2C34H29ClF2N4O6/c2*1-45-9-8-41-29-13-22(33(42)43)12-27(37)32(29)39-30(41)14-21-11-26(36)24(15-25(21)35)28-4-3-5-31(38-28)47-18-19-6-7-20-16-40(34(44)46-2)17-23(20)10-19/h2*3-7,10-13,15H,8-9,14,16-18H2,1-2H3,(H,42,43). The molecule has 484 valence electrons. The lowest BCUT2D eigenvalue weighted by Gasteiger charge is -2.12. The van der Waals surface area contributed by atoms with Crippen LogP contribution in [0, 0.1) is 23.3 Å². The third kappa shape index (κ3) is 14.2. The summed E-state index contributed by atoms with van der Waals surface area (Å²) in [6.07, 6.45) is -0.668. The van der Waals surface area contributed by atoms with Crippen LogP contribution in [0.25, 0.3) is 44.6 Å². The molecule has 20 nitrogen and oxygen atoms in total. The van der Waals surface area contributed by atoms with Crippen LogP contribution in [-0.4, -0.2) is 115 Å². The van der Waals surface area contributed by atoms with Gasteiger partial charge in [-0.05, 0) is 105 Å². The number of carboxylic acid groups (broad SMARTS) is 2. The Balaban J connectivity index is 0.000000192. The van der Waals surface area contributed by atoms with Crippen LogP contribution in [0.5, 0.6) is 11.8 Å². The van der Waals surface area contributed by atoms with Crippen LogP contribution in [0.3, 0.4) is 0 Å². The van der Waals surface area contributed by atoms with E-state index in [0.717, 1.165) is 45.5 Å². The number of carbonyl (C=O) groups is 4. The number of carboxylic acids is 2. The molecule has 94 heavy (non-hydrogen) atoms. The minimum absolute atomic E-state index is 0.00149. The number of hydrogen-bond donors (Lipinski definition) is 2. The molecule has 0 bridgehead atoms. The maximum atomic E-state index is 15.6. The first-order chi connectivity index (χ1) is 45.3.